The van der Waals surface area contributed by atoms with Crippen LogP contribution in [0.15, 0.2) is 36.5 Å². The van der Waals surface area contributed by atoms with Crippen molar-refractivity contribution < 1.29 is 14.3 Å². The van der Waals surface area contributed by atoms with Gasteiger partial charge in [-0.05, 0) is 30.2 Å². The van der Waals surface area contributed by atoms with Crippen LogP contribution in [0.1, 0.15) is 22.8 Å². The summed E-state index contributed by atoms with van der Waals surface area (Å²) < 4.78 is 4.95. The summed E-state index contributed by atoms with van der Waals surface area (Å²) in [6, 6.07) is 8.46. The number of pyridine rings is 1. The molecule has 0 saturated carbocycles. The van der Waals surface area contributed by atoms with E-state index in [-0.39, 0.29) is 10.8 Å². The number of benzene rings is 1. The molecule has 23 heavy (non-hydrogen) atoms. The molecule has 0 bridgehead atoms. The number of carbonyl (C=O) groups excluding carboxylic acids is 2. The minimum atomic E-state index is -0.571. The average Bonchev–Trinajstić information content (AvgIpc) is 2.55. The van der Waals surface area contributed by atoms with Gasteiger partial charge in [0.05, 0.1) is 15.6 Å². The maximum atomic E-state index is 11.9. The van der Waals surface area contributed by atoms with Crippen LogP contribution in [0.3, 0.4) is 0 Å². The molecule has 1 aromatic carbocycles. The van der Waals surface area contributed by atoms with Gasteiger partial charge in [0, 0.05) is 6.20 Å². The van der Waals surface area contributed by atoms with Crippen LogP contribution in [0, 0.1) is 0 Å². The summed E-state index contributed by atoms with van der Waals surface area (Å²) in [5.74, 6) is -0.956. The predicted molar refractivity (Wildman–Crippen MR) is 89.0 cm³/mol. The van der Waals surface area contributed by atoms with Gasteiger partial charge < -0.3 is 10.1 Å². The van der Waals surface area contributed by atoms with Gasteiger partial charge in [0.1, 0.15) is 0 Å². The third-order valence-electron chi connectivity index (χ3n) is 3.00. The highest BCUT2D eigenvalue weighted by Crippen LogP contribution is 2.22. The Hall–Kier alpha value is -2.11. The lowest BCUT2D eigenvalue weighted by Crippen LogP contribution is -2.21. The van der Waals surface area contributed by atoms with Gasteiger partial charge in [-0.3, -0.25) is 4.79 Å². The van der Waals surface area contributed by atoms with Crippen molar-refractivity contribution in [3.8, 4) is 0 Å². The summed E-state index contributed by atoms with van der Waals surface area (Å²) >= 11 is 11.6. The summed E-state index contributed by atoms with van der Waals surface area (Å²) in [5.41, 5.74) is 1.50. The van der Waals surface area contributed by atoms with Crippen LogP contribution in [0.25, 0.3) is 0 Å². The highest BCUT2D eigenvalue weighted by Gasteiger charge is 2.12. The zero-order chi connectivity index (χ0) is 16.8. The Labute approximate surface area is 143 Å². The van der Waals surface area contributed by atoms with Crippen molar-refractivity contribution in [2.75, 3.05) is 11.9 Å². The van der Waals surface area contributed by atoms with E-state index in [1.165, 1.54) is 12.3 Å². The molecule has 7 heteroatoms. The van der Waals surface area contributed by atoms with Crippen LogP contribution in [-0.4, -0.2) is 23.5 Å². The first-order chi connectivity index (χ1) is 11.0. The molecule has 0 atom stereocenters. The monoisotopic (exact) mass is 352 g/mol. The number of nitrogens with one attached hydrogen (secondary N) is 1. The number of hydrogen-bond acceptors (Lipinski definition) is 4. The highest BCUT2D eigenvalue weighted by atomic mass is 35.5. The molecule has 1 amide bonds. The van der Waals surface area contributed by atoms with E-state index in [0.717, 1.165) is 12.0 Å². The molecule has 0 radical (unpaired) electrons. The van der Waals surface area contributed by atoms with Crippen molar-refractivity contribution >= 4 is 40.9 Å². The first-order valence-corrected chi connectivity index (χ1v) is 7.62. The fraction of sp³-hybridized carbons (Fsp3) is 0.188. The van der Waals surface area contributed by atoms with Gasteiger partial charge in [-0.1, -0.05) is 42.3 Å². The van der Waals surface area contributed by atoms with Crippen molar-refractivity contribution in [1.82, 2.24) is 4.98 Å². The van der Waals surface area contributed by atoms with Gasteiger partial charge in [0.25, 0.3) is 5.91 Å². The third kappa shape index (κ3) is 4.94. The number of carbonyl (C=O) groups is 2. The summed E-state index contributed by atoms with van der Waals surface area (Å²) in [5, 5.41) is 3.00. The molecule has 1 heterocycles. The lowest BCUT2D eigenvalue weighted by Gasteiger charge is -2.07. The maximum absolute atomic E-state index is 11.9. The van der Waals surface area contributed by atoms with Crippen molar-refractivity contribution in [2.24, 2.45) is 0 Å². The van der Waals surface area contributed by atoms with Crippen molar-refractivity contribution in [3.05, 3.63) is 57.7 Å². The number of rotatable bonds is 5. The fourth-order valence-corrected chi connectivity index (χ4v) is 2.19. The zero-order valence-electron chi connectivity index (χ0n) is 12.3. The Morgan fingerprint density at radius 2 is 1.91 bits per heavy atom. The van der Waals surface area contributed by atoms with E-state index in [1.54, 1.807) is 12.1 Å². The van der Waals surface area contributed by atoms with Gasteiger partial charge in [-0.15, -0.1) is 0 Å². The minimum absolute atomic E-state index is 0.157. The van der Waals surface area contributed by atoms with Gasteiger partial charge in [0.2, 0.25) is 0 Å². The summed E-state index contributed by atoms with van der Waals surface area (Å²) in [4.78, 5) is 27.5. The number of hydrogen-bond donors (Lipinski definition) is 1. The predicted octanol–water partition coefficient (Wildman–Crippen LogP) is 3.75. The smallest absolute Gasteiger partial charge is 0.338 e. The van der Waals surface area contributed by atoms with Crippen molar-refractivity contribution in [2.45, 2.75) is 13.3 Å². The highest BCUT2D eigenvalue weighted by molar-refractivity contribution is 6.36. The molecule has 1 N–H and O–H groups in total. The van der Waals surface area contributed by atoms with Crippen LogP contribution >= 0.6 is 23.2 Å². The summed E-state index contributed by atoms with van der Waals surface area (Å²) in [6.07, 6.45) is 2.23. The number of aromatic nitrogens is 1. The number of aryl methyl sites for hydroxylation is 1. The largest absolute Gasteiger partial charge is 0.452 e. The lowest BCUT2D eigenvalue weighted by molar-refractivity contribution is -0.119. The maximum Gasteiger partial charge on any atom is 0.338 e. The van der Waals surface area contributed by atoms with Crippen LogP contribution in [0.2, 0.25) is 10.0 Å². The first kappa shape index (κ1) is 17.2. The Morgan fingerprint density at radius 1 is 1.22 bits per heavy atom. The fourth-order valence-electron chi connectivity index (χ4n) is 1.77. The number of nitrogens with zero attached hydrogens (tertiary/aromatic N) is 1. The molecule has 0 spiro atoms. The molecular weight excluding hydrogens is 339 g/mol. The van der Waals surface area contributed by atoms with Crippen molar-refractivity contribution in [1.29, 1.82) is 0 Å². The summed E-state index contributed by atoms with van der Waals surface area (Å²) in [7, 11) is 0. The topological polar surface area (TPSA) is 68.3 Å². The standard InChI is InChI=1S/C16H14Cl2N2O3/c1-2-10-3-5-11(6-4-10)16(22)23-9-14(21)20-15-13(18)7-12(17)8-19-15/h3-8H,2,9H2,1H3,(H,19,20,21). The number of ether oxygens (including phenoxy) is 1. The molecule has 1 aromatic heterocycles. The Kier molecular flexibility index (Phi) is 5.96. The zero-order valence-corrected chi connectivity index (χ0v) is 13.8. The molecule has 0 saturated heterocycles. The number of esters is 1. The molecular formula is C16H14Cl2N2O3. The van der Waals surface area contributed by atoms with E-state index in [9.17, 15) is 9.59 Å². The van der Waals surface area contributed by atoms with Crippen molar-refractivity contribution in [3.63, 3.8) is 0 Å². The molecule has 5 nitrogen and oxygen atoms in total. The minimum Gasteiger partial charge on any atom is -0.452 e. The van der Waals surface area contributed by atoms with Gasteiger partial charge in [-0.25, -0.2) is 9.78 Å². The number of halogens is 2. The van der Waals surface area contributed by atoms with E-state index in [0.29, 0.717) is 10.6 Å². The molecule has 120 valence electrons. The Balaban J connectivity index is 1.89. The quantitative estimate of drug-likeness (QED) is 0.832. The third-order valence-corrected chi connectivity index (χ3v) is 3.49. The molecule has 0 aliphatic rings. The van der Waals surface area contributed by atoms with E-state index in [4.69, 9.17) is 27.9 Å². The Bertz CT molecular complexity index is 718. The molecule has 0 aliphatic carbocycles. The van der Waals surface area contributed by atoms with Gasteiger partial charge in [0.15, 0.2) is 12.4 Å². The van der Waals surface area contributed by atoms with Crippen LogP contribution < -0.4 is 5.32 Å². The van der Waals surface area contributed by atoms with Crippen LogP contribution in [0.4, 0.5) is 5.82 Å². The molecule has 0 fully saturated rings. The lowest BCUT2D eigenvalue weighted by atomic mass is 10.1. The van der Waals surface area contributed by atoms with Crippen LogP contribution in [-0.2, 0) is 16.0 Å². The van der Waals surface area contributed by atoms with Gasteiger partial charge in [-0.2, -0.15) is 0 Å². The van der Waals surface area contributed by atoms with Gasteiger partial charge >= 0.3 is 5.97 Å². The molecule has 2 aromatic rings. The van der Waals surface area contributed by atoms with E-state index in [2.05, 4.69) is 10.3 Å². The summed E-state index contributed by atoms with van der Waals surface area (Å²) in [6.45, 7) is 1.59. The van der Waals surface area contributed by atoms with E-state index >= 15 is 0 Å². The van der Waals surface area contributed by atoms with E-state index in [1.807, 2.05) is 19.1 Å². The second-order valence-electron chi connectivity index (χ2n) is 4.66. The Morgan fingerprint density at radius 3 is 2.52 bits per heavy atom. The number of anilines is 1. The number of amides is 1. The second-order valence-corrected chi connectivity index (χ2v) is 5.50. The van der Waals surface area contributed by atoms with Crippen LogP contribution in [0.5, 0.6) is 0 Å². The average molecular weight is 353 g/mol. The molecule has 2 rings (SSSR count). The first-order valence-electron chi connectivity index (χ1n) is 6.86. The SMILES string of the molecule is CCc1ccc(C(=O)OCC(=O)Nc2ncc(Cl)cc2Cl)cc1. The normalized spacial score (nSPS) is 10.2. The second kappa shape index (κ2) is 7.94. The van der Waals surface area contributed by atoms with E-state index < -0.39 is 18.5 Å². The molecule has 0 aliphatic heterocycles. The molecule has 0 unspecified atom stereocenters.